The molecule has 0 saturated carbocycles. The van der Waals surface area contributed by atoms with Gasteiger partial charge in [-0.05, 0) is 35.0 Å². The summed E-state index contributed by atoms with van der Waals surface area (Å²) in [7, 11) is 1.86. The molecule has 2 aromatic heterocycles. The first-order valence-corrected chi connectivity index (χ1v) is 5.75. The van der Waals surface area contributed by atoms with Crippen molar-refractivity contribution >= 4 is 33.1 Å². The molecule has 74 valence electrons. The number of hydrogen-bond donors (Lipinski definition) is 1. The molecule has 2 N–H and O–H groups in total. The second-order valence-corrected chi connectivity index (χ2v) is 5.54. The number of hydrogen-bond acceptors (Lipinski definition) is 3. The van der Waals surface area contributed by atoms with Crippen molar-refractivity contribution in [1.82, 2.24) is 9.78 Å². The fourth-order valence-electron chi connectivity index (χ4n) is 1.43. The van der Waals surface area contributed by atoms with E-state index in [1.165, 1.54) is 0 Å². The van der Waals surface area contributed by atoms with Crippen LogP contribution in [0.25, 0.3) is 10.4 Å². The Morgan fingerprint density at radius 3 is 2.64 bits per heavy atom. The molecule has 0 saturated heterocycles. The molecule has 0 aromatic carbocycles. The zero-order valence-corrected chi connectivity index (χ0v) is 10.3. The molecule has 0 radical (unpaired) electrons. The second kappa shape index (κ2) is 3.40. The van der Waals surface area contributed by atoms with Crippen LogP contribution in [0.4, 0.5) is 5.82 Å². The SMILES string of the molecule is Cc1nn(C)c(N)c1-c1ccc(Br)s1. The zero-order chi connectivity index (χ0) is 10.3. The van der Waals surface area contributed by atoms with Crippen molar-refractivity contribution in [2.75, 3.05) is 5.73 Å². The van der Waals surface area contributed by atoms with E-state index in [-0.39, 0.29) is 0 Å². The normalized spacial score (nSPS) is 10.8. The number of rotatable bonds is 1. The molecule has 0 aliphatic carbocycles. The molecule has 2 aromatic rings. The molecule has 0 amide bonds. The molecule has 0 aliphatic heterocycles. The molecule has 14 heavy (non-hydrogen) atoms. The van der Waals surface area contributed by atoms with Crippen LogP contribution in [-0.4, -0.2) is 9.78 Å². The van der Waals surface area contributed by atoms with Crippen LogP contribution < -0.4 is 5.73 Å². The van der Waals surface area contributed by atoms with Crippen molar-refractivity contribution in [3.05, 3.63) is 21.6 Å². The summed E-state index contributed by atoms with van der Waals surface area (Å²) in [5.41, 5.74) is 7.95. The third-order valence-corrected chi connectivity index (χ3v) is 3.73. The third kappa shape index (κ3) is 1.46. The Morgan fingerprint density at radius 1 is 1.50 bits per heavy atom. The minimum absolute atomic E-state index is 0.719. The van der Waals surface area contributed by atoms with Gasteiger partial charge in [0, 0.05) is 11.9 Å². The molecule has 0 atom stereocenters. The Morgan fingerprint density at radius 2 is 2.21 bits per heavy atom. The highest BCUT2D eigenvalue weighted by Crippen LogP contribution is 2.36. The largest absolute Gasteiger partial charge is 0.383 e. The highest BCUT2D eigenvalue weighted by atomic mass is 79.9. The lowest BCUT2D eigenvalue weighted by molar-refractivity contribution is 0.767. The summed E-state index contributed by atoms with van der Waals surface area (Å²) in [5, 5.41) is 4.28. The van der Waals surface area contributed by atoms with E-state index >= 15 is 0 Å². The standard InChI is InChI=1S/C9H10BrN3S/c1-5-8(9(11)13(2)12-5)6-3-4-7(10)14-6/h3-4H,11H2,1-2H3. The molecule has 5 heteroatoms. The van der Waals surface area contributed by atoms with Crippen LogP contribution in [0.15, 0.2) is 15.9 Å². The number of nitrogens with zero attached hydrogens (tertiary/aromatic N) is 2. The average Bonchev–Trinajstić information content (AvgIpc) is 2.60. The molecule has 0 fully saturated rings. The lowest BCUT2D eigenvalue weighted by Gasteiger charge is -1.96. The number of nitrogens with two attached hydrogens (primary N) is 1. The van der Waals surface area contributed by atoms with Gasteiger partial charge in [-0.25, -0.2) is 0 Å². The first-order chi connectivity index (χ1) is 6.59. The predicted molar refractivity (Wildman–Crippen MR) is 63.4 cm³/mol. The fourth-order valence-corrected chi connectivity index (χ4v) is 2.92. The highest BCUT2D eigenvalue weighted by molar-refractivity contribution is 9.11. The summed E-state index contributed by atoms with van der Waals surface area (Å²) < 4.78 is 2.81. The third-order valence-electron chi connectivity index (χ3n) is 2.09. The van der Waals surface area contributed by atoms with Gasteiger partial charge >= 0.3 is 0 Å². The van der Waals surface area contributed by atoms with E-state index in [1.54, 1.807) is 16.0 Å². The van der Waals surface area contributed by atoms with E-state index in [0.29, 0.717) is 0 Å². The van der Waals surface area contributed by atoms with Gasteiger partial charge in [0.1, 0.15) is 5.82 Å². The number of anilines is 1. The van der Waals surface area contributed by atoms with E-state index in [1.807, 2.05) is 20.0 Å². The van der Waals surface area contributed by atoms with Gasteiger partial charge in [-0.15, -0.1) is 11.3 Å². The van der Waals surface area contributed by atoms with Gasteiger partial charge in [-0.1, -0.05) is 0 Å². The van der Waals surface area contributed by atoms with Crippen LogP contribution in [0.2, 0.25) is 0 Å². The molecule has 0 bridgehead atoms. The van der Waals surface area contributed by atoms with Gasteiger partial charge in [-0.3, -0.25) is 4.68 Å². The van der Waals surface area contributed by atoms with Gasteiger partial charge in [0.2, 0.25) is 0 Å². The summed E-state index contributed by atoms with van der Waals surface area (Å²) in [6.07, 6.45) is 0. The van der Waals surface area contributed by atoms with E-state index in [4.69, 9.17) is 5.73 Å². The van der Waals surface area contributed by atoms with Crippen LogP contribution in [0.1, 0.15) is 5.69 Å². The summed E-state index contributed by atoms with van der Waals surface area (Å²) in [4.78, 5) is 1.15. The lowest BCUT2D eigenvalue weighted by Crippen LogP contribution is -1.97. The Balaban J connectivity index is 2.61. The molecular weight excluding hydrogens is 262 g/mol. The maximum Gasteiger partial charge on any atom is 0.130 e. The maximum absolute atomic E-state index is 5.94. The number of aryl methyl sites for hydroxylation is 2. The van der Waals surface area contributed by atoms with Crippen LogP contribution in [0, 0.1) is 6.92 Å². The first kappa shape index (κ1) is 9.73. The fraction of sp³-hybridized carbons (Fsp3) is 0.222. The lowest BCUT2D eigenvalue weighted by atomic mass is 10.2. The van der Waals surface area contributed by atoms with Gasteiger partial charge in [0.05, 0.1) is 15.0 Å². The van der Waals surface area contributed by atoms with Crippen molar-refractivity contribution in [2.24, 2.45) is 7.05 Å². The van der Waals surface area contributed by atoms with Crippen molar-refractivity contribution in [2.45, 2.75) is 6.92 Å². The van der Waals surface area contributed by atoms with Gasteiger partial charge in [0.25, 0.3) is 0 Å². The van der Waals surface area contributed by atoms with Crippen LogP contribution in [0.3, 0.4) is 0 Å². The minimum Gasteiger partial charge on any atom is -0.383 e. The minimum atomic E-state index is 0.719. The Labute approximate surface area is 94.7 Å². The maximum atomic E-state index is 5.94. The number of halogens is 1. The first-order valence-electron chi connectivity index (χ1n) is 4.14. The van der Waals surface area contributed by atoms with Crippen LogP contribution in [0.5, 0.6) is 0 Å². The molecule has 0 spiro atoms. The Bertz CT molecular complexity index is 472. The van der Waals surface area contributed by atoms with Gasteiger partial charge in [-0.2, -0.15) is 5.10 Å². The van der Waals surface area contributed by atoms with Gasteiger partial charge in [0.15, 0.2) is 0 Å². The zero-order valence-electron chi connectivity index (χ0n) is 7.91. The molecule has 0 unspecified atom stereocenters. The molecule has 2 heterocycles. The van der Waals surface area contributed by atoms with E-state index in [9.17, 15) is 0 Å². The molecule has 0 aliphatic rings. The number of aromatic nitrogens is 2. The van der Waals surface area contributed by atoms with Crippen molar-refractivity contribution < 1.29 is 0 Å². The number of nitrogen functional groups attached to an aromatic ring is 1. The highest BCUT2D eigenvalue weighted by Gasteiger charge is 2.13. The molecule has 3 nitrogen and oxygen atoms in total. The summed E-state index contributed by atoms with van der Waals surface area (Å²) >= 11 is 5.10. The van der Waals surface area contributed by atoms with Crippen LogP contribution >= 0.6 is 27.3 Å². The van der Waals surface area contributed by atoms with Crippen molar-refractivity contribution in [1.29, 1.82) is 0 Å². The van der Waals surface area contributed by atoms with E-state index < -0.39 is 0 Å². The summed E-state index contributed by atoms with van der Waals surface area (Å²) in [5.74, 6) is 0.719. The quantitative estimate of drug-likeness (QED) is 0.867. The topological polar surface area (TPSA) is 43.8 Å². The van der Waals surface area contributed by atoms with Crippen molar-refractivity contribution in [3.63, 3.8) is 0 Å². The molecular formula is C9H10BrN3S. The smallest absolute Gasteiger partial charge is 0.130 e. The van der Waals surface area contributed by atoms with Crippen LogP contribution in [-0.2, 0) is 7.05 Å². The average molecular weight is 272 g/mol. The van der Waals surface area contributed by atoms with Gasteiger partial charge < -0.3 is 5.73 Å². The van der Waals surface area contributed by atoms with E-state index in [2.05, 4.69) is 27.1 Å². The Kier molecular flexibility index (Phi) is 2.36. The second-order valence-electron chi connectivity index (χ2n) is 3.07. The summed E-state index contributed by atoms with van der Waals surface area (Å²) in [6, 6.07) is 4.07. The summed E-state index contributed by atoms with van der Waals surface area (Å²) in [6.45, 7) is 1.97. The molecule has 2 rings (SSSR count). The van der Waals surface area contributed by atoms with E-state index in [0.717, 1.165) is 25.7 Å². The van der Waals surface area contributed by atoms with Crippen molar-refractivity contribution in [3.8, 4) is 10.4 Å². The Hall–Kier alpha value is -0.810. The number of thiophene rings is 1. The monoisotopic (exact) mass is 271 g/mol. The predicted octanol–water partition coefficient (Wildman–Crippen LogP) is 2.80.